The van der Waals surface area contributed by atoms with E-state index in [1.54, 1.807) is 28.8 Å². The first-order valence-electron chi connectivity index (χ1n) is 12.1. The van der Waals surface area contributed by atoms with Gasteiger partial charge in [-0.1, -0.05) is 42.5 Å². The quantitative estimate of drug-likeness (QED) is 0.354. The average Bonchev–Trinajstić information content (AvgIpc) is 3.40. The van der Waals surface area contributed by atoms with Crippen molar-refractivity contribution in [2.75, 3.05) is 33.3 Å². The molecule has 2 heterocycles. The highest BCUT2D eigenvalue weighted by Gasteiger charge is 2.29. The Morgan fingerprint density at radius 1 is 0.946 bits per heavy atom. The highest BCUT2D eigenvalue weighted by atomic mass is 19.1. The Balaban J connectivity index is 1.36. The number of piperazine rings is 1. The van der Waals surface area contributed by atoms with Gasteiger partial charge in [0, 0.05) is 31.7 Å². The normalized spacial score (nSPS) is 14.8. The number of carbonyl (C=O) groups excluding carboxylic acids is 2. The van der Waals surface area contributed by atoms with Crippen molar-refractivity contribution in [3.63, 3.8) is 0 Å². The summed E-state index contributed by atoms with van der Waals surface area (Å²) in [5.74, 6) is 0.238. The summed E-state index contributed by atoms with van der Waals surface area (Å²) in [6, 6.07) is 24.7. The summed E-state index contributed by atoms with van der Waals surface area (Å²) >= 11 is 0. The predicted octanol–water partition coefficient (Wildman–Crippen LogP) is 4.39. The summed E-state index contributed by atoms with van der Waals surface area (Å²) in [4.78, 5) is 29.1. The molecule has 3 aromatic carbocycles. The van der Waals surface area contributed by atoms with Crippen LogP contribution in [0.2, 0.25) is 0 Å². The van der Waals surface area contributed by atoms with Crippen LogP contribution >= 0.6 is 0 Å². The van der Waals surface area contributed by atoms with Gasteiger partial charge in [0.2, 0.25) is 0 Å². The van der Waals surface area contributed by atoms with E-state index >= 15 is 0 Å². The molecule has 1 aliphatic rings. The van der Waals surface area contributed by atoms with E-state index in [4.69, 9.17) is 9.84 Å². The lowest BCUT2D eigenvalue weighted by atomic mass is 10.1. The third-order valence-electron chi connectivity index (χ3n) is 6.65. The van der Waals surface area contributed by atoms with Gasteiger partial charge in [0.15, 0.2) is 5.69 Å². The molecule has 4 aromatic rings. The molecule has 1 fully saturated rings. The maximum Gasteiger partial charge on any atom is 0.274 e. The molecule has 1 aliphatic heterocycles. The van der Waals surface area contributed by atoms with Crippen LogP contribution < -0.4 is 4.74 Å². The molecule has 0 saturated carbocycles. The van der Waals surface area contributed by atoms with E-state index in [9.17, 15) is 14.0 Å². The van der Waals surface area contributed by atoms with Crippen molar-refractivity contribution < 1.29 is 18.7 Å². The maximum absolute atomic E-state index is 13.5. The van der Waals surface area contributed by atoms with Crippen molar-refractivity contribution in [1.82, 2.24) is 19.6 Å². The second-order valence-electron chi connectivity index (χ2n) is 8.85. The third kappa shape index (κ3) is 5.15. The molecule has 0 radical (unpaired) electrons. The van der Waals surface area contributed by atoms with E-state index in [2.05, 4.69) is 0 Å². The second-order valence-corrected chi connectivity index (χ2v) is 8.85. The van der Waals surface area contributed by atoms with E-state index in [0.29, 0.717) is 31.9 Å². The van der Waals surface area contributed by atoms with Crippen LogP contribution in [-0.2, 0) is 4.79 Å². The molecule has 1 unspecified atom stereocenters. The zero-order valence-electron chi connectivity index (χ0n) is 20.5. The van der Waals surface area contributed by atoms with Crippen molar-refractivity contribution in [2.24, 2.45) is 0 Å². The maximum atomic E-state index is 13.5. The first kappa shape index (κ1) is 24.4. The summed E-state index contributed by atoms with van der Waals surface area (Å²) in [7, 11) is 1.62. The first-order chi connectivity index (χ1) is 18.1. The van der Waals surface area contributed by atoms with Crippen molar-refractivity contribution in [3.05, 3.63) is 102 Å². The molecule has 1 saturated heterocycles. The number of carbonyl (C=O) groups is 2. The van der Waals surface area contributed by atoms with Crippen LogP contribution in [0.3, 0.4) is 0 Å². The fourth-order valence-corrected chi connectivity index (χ4v) is 4.62. The fraction of sp³-hybridized carbons (Fsp3) is 0.207. The number of amides is 1. The van der Waals surface area contributed by atoms with E-state index in [1.807, 2.05) is 65.6 Å². The Morgan fingerprint density at radius 2 is 1.62 bits per heavy atom. The van der Waals surface area contributed by atoms with Crippen LogP contribution in [0.15, 0.2) is 84.9 Å². The number of halogens is 1. The lowest BCUT2D eigenvalue weighted by Crippen LogP contribution is -2.50. The Hall–Kier alpha value is -4.30. The molecule has 8 heteroatoms. The molecular weight excluding hydrogens is 471 g/mol. The Morgan fingerprint density at radius 3 is 2.24 bits per heavy atom. The number of rotatable bonds is 7. The minimum Gasteiger partial charge on any atom is -0.497 e. The molecule has 5 rings (SSSR count). The third-order valence-corrected chi connectivity index (χ3v) is 6.65. The monoisotopic (exact) mass is 498 g/mol. The summed E-state index contributed by atoms with van der Waals surface area (Å²) in [6.07, 6.45) is 0.868. The summed E-state index contributed by atoms with van der Waals surface area (Å²) in [5, 5.41) is 4.69. The molecule has 0 spiro atoms. The topological polar surface area (TPSA) is 67.7 Å². The van der Waals surface area contributed by atoms with Gasteiger partial charge in [-0.25, -0.2) is 9.07 Å². The van der Waals surface area contributed by atoms with Gasteiger partial charge in [-0.2, -0.15) is 5.10 Å². The summed E-state index contributed by atoms with van der Waals surface area (Å²) in [6.45, 7) is 1.97. The molecule has 1 amide bonds. The number of aldehydes is 1. The summed E-state index contributed by atoms with van der Waals surface area (Å²) in [5.41, 5.74) is 3.67. The van der Waals surface area contributed by atoms with E-state index in [0.717, 1.165) is 34.5 Å². The number of ether oxygens (including phenoxy) is 1. The number of hydrogen-bond acceptors (Lipinski definition) is 5. The minimum absolute atomic E-state index is 0.159. The molecule has 0 aliphatic carbocycles. The van der Waals surface area contributed by atoms with Crippen molar-refractivity contribution >= 4 is 12.2 Å². The van der Waals surface area contributed by atoms with Crippen LogP contribution in [0.5, 0.6) is 5.75 Å². The van der Waals surface area contributed by atoms with Crippen molar-refractivity contribution in [3.8, 4) is 22.7 Å². The van der Waals surface area contributed by atoms with Gasteiger partial charge in [0.1, 0.15) is 17.9 Å². The molecule has 7 nitrogen and oxygen atoms in total. The van der Waals surface area contributed by atoms with Crippen LogP contribution in [0.25, 0.3) is 16.9 Å². The van der Waals surface area contributed by atoms with E-state index in [-0.39, 0.29) is 11.7 Å². The average molecular weight is 499 g/mol. The van der Waals surface area contributed by atoms with Crippen LogP contribution in [0.4, 0.5) is 4.39 Å². The van der Waals surface area contributed by atoms with Crippen LogP contribution in [-0.4, -0.2) is 65.1 Å². The molecule has 188 valence electrons. The number of aromatic nitrogens is 2. The highest BCUT2D eigenvalue weighted by molar-refractivity contribution is 5.93. The number of nitrogens with zero attached hydrogens (tertiary/aromatic N) is 4. The molecule has 1 aromatic heterocycles. The number of hydrogen-bond donors (Lipinski definition) is 0. The van der Waals surface area contributed by atoms with E-state index < -0.39 is 6.04 Å². The Bertz CT molecular complexity index is 1360. The highest BCUT2D eigenvalue weighted by Crippen LogP contribution is 2.27. The molecular formula is C29H27FN4O3. The van der Waals surface area contributed by atoms with Crippen LogP contribution in [0.1, 0.15) is 22.1 Å². The van der Waals surface area contributed by atoms with Crippen molar-refractivity contribution in [1.29, 1.82) is 0 Å². The number of benzene rings is 3. The Kier molecular flexibility index (Phi) is 7.09. The van der Waals surface area contributed by atoms with E-state index in [1.165, 1.54) is 12.1 Å². The SMILES string of the molecule is COc1ccc(-n2nc(C(=O)N3CCN(C(C=O)c4ccc(F)cc4)CC3)cc2-c2ccccc2)cc1. The smallest absolute Gasteiger partial charge is 0.274 e. The summed E-state index contributed by atoms with van der Waals surface area (Å²) < 4.78 is 20.4. The first-order valence-corrected chi connectivity index (χ1v) is 12.1. The fourth-order valence-electron chi connectivity index (χ4n) is 4.62. The lowest BCUT2D eigenvalue weighted by Gasteiger charge is -2.37. The van der Waals surface area contributed by atoms with Gasteiger partial charge in [-0.3, -0.25) is 9.69 Å². The second kappa shape index (κ2) is 10.8. The largest absolute Gasteiger partial charge is 0.497 e. The Labute approximate surface area is 214 Å². The van der Waals surface area contributed by atoms with Gasteiger partial charge < -0.3 is 14.4 Å². The standard InChI is InChI=1S/C29H27FN4O3/c1-37-25-13-11-24(12-14-25)34-27(21-5-3-2-4-6-21)19-26(31-34)29(36)33-17-15-32(16-18-33)28(20-35)22-7-9-23(30)10-8-22/h2-14,19-20,28H,15-18H2,1H3. The predicted molar refractivity (Wildman–Crippen MR) is 138 cm³/mol. The van der Waals surface area contributed by atoms with Crippen LogP contribution in [0, 0.1) is 5.82 Å². The zero-order valence-corrected chi connectivity index (χ0v) is 20.5. The van der Waals surface area contributed by atoms with Gasteiger partial charge in [-0.05, 0) is 48.0 Å². The van der Waals surface area contributed by atoms with Gasteiger partial charge in [-0.15, -0.1) is 0 Å². The van der Waals surface area contributed by atoms with Gasteiger partial charge in [0.05, 0.1) is 24.5 Å². The van der Waals surface area contributed by atoms with Gasteiger partial charge in [0.25, 0.3) is 5.91 Å². The minimum atomic E-state index is -0.475. The molecule has 37 heavy (non-hydrogen) atoms. The number of methoxy groups -OCH3 is 1. The molecule has 1 atom stereocenters. The zero-order chi connectivity index (χ0) is 25.8. The molecule has 0 N–H and O–H groups in total. The van der Waals surface area contributed by atoms with Gasteiger partial charge >= 0.3 is 0 Å². The van der Waals surface area contributed by atoms with Crippen molar-refractivity contribution in [2.45, 2.75) is 6.04 Å². The molecule has 0 bridgehead atoms. The lowest BCUT2D eigenvalue weighted by molar-refractivity contribution is -0.113.